The molecule has 2 unspecified atom stereocenters. The largest absolute Gasteiger partial charge is 0.378 e. The van der Waals surface area contributed by atoms with Crippen molar-refractivity contribution in [3.63, 3.8) is 0 Å². The summed E-state index contributed by atoms with van der Waals surface area (Å²) in [4.78, 5) is 13.2. The van der Waals surface area contributed by atoms with Crippen molar-refractivity contribution in [2.24, 2.45) is 0 Å². The first-order valence-corrected chi connectivity index (χ1v) is 7.32. The third-order valence-electron chi connectivity index (χ3n) is 4.23. The van der Waals surface area contributed by atoms with Gasteiger partial charge in [-0.05, 0) is 32.1 Å². The van der Waals surface area contributed by atoms with Crippen LogP contribution >= 0.6 is 0 Å². The molecule has 2 atom stereocenters. The van der Waals surface area contributed by atoms with Crippen molar-refractivity contribution in [2.75, 3.05) is 19.7 Å². The minimum Gasteiger partial charge on any atom is -0.378 e. The molecule has 2 fully saturated rings. The molecular formula is C14H26N2O2. The monoisotopic (exact) mass is 254 g/mol. The topological polar surface area (TPSA) is 41.6 Å². The molecule has 0 radical (unpaired) electrons. The maximum absolute atomic E-state index is 11.3. The molecule has 18 heavy (non-hydrogen) atoms. The Labute approximate surface area is 110 Å². The van der Waals surface area contributed by atoms with Gasteiger partial charge in [0.25, 0.3) is 0 Å². The predicted octanol–water partition coefficient (Wildman–Crippen LogP) is 1.54. The van der Waals surface area contributed by atoms with Crippen LogP contribution in [0.2, 0.25) is 0 Å². The van der Waals surface area contributed by atoms with E-state index in [0.29, 0.717) is 18.2 Å². The predicted molar refractivity (Wildman–Crippen MR) is 71.5 cm³/mol. The molecule has 2 aliphatic heterocycles. The van der Waals surface area contributed by atoms with Gasteiger partial charge in [0.15, 0.2) is 0 Å². The van der Waals surface area contributed by atoms with Gasteiger partial charge in [-0.25, -0.2) is 0 Å². The summed E-state index contributed by atoms with van der Waals surface area (Å²) in [5.74, 6) is 0.213. The summed E-state index contributed by atoms with van der Waals surface area (Å²) in [5.41, 5.74) is 0. The highest BCUT2D eigenvalue weighted by molar-refractivity contribution is 5.73. The fourth-order valence-electron chi connectivity index (χ4n) is 3.01. The third-order valence-corrected chi connectivity index (χ3v) is 4.23. The summed E-state index contributed by atoms with van der Waals surface area (Å²) in [6, 6.07) is 1.19. The number of nitrogens with zero attached hydrogens (tertiary/aromatic N) is 1. The van der Waals surface area contributed by atoms with Crippen LogP contribution < -0.4 is 5.32 Å². The smallest absolute Gasteiger partial charge is 0.219 e. The van der Waals surface area contributed by atoms with Crippen molar-refractivity contribution in [2.45, 2.75) is 64.1 Å². The lowest BCUT2D eigenvalue weighted by Crippen LogP contribution is -2.49. The van der Waals surface area contributed by atoms with E-state index in [9.17, 15) is 4.79 Å². The molecule has 0 aromatic heterocycles. The van der Waals surface area contributed by atoms with Crippen LogP contribution in [0.15, 0.2) is 0 Å². The molecule has 4 nitrogen and oxygen atoms in total. The van der Waals surface area contributed by atoms with Gasteiger partial charge in [0.05, 0.1) is 6.10 Å². The second-order valence-electron chi connectivity index (χ2n) is 5.57. The van der Waals surface area contributed by atoms with Gasteiger partial charge in [0.2, 0.25) is 5.91 Å². The first kappa shape index (κ1) is 13.8. The Morgan fingerprint density at radius 3 is 2.61 bits per heavy atom. The van der Waals surface area contributed by atoms with Crippen LogP contribution in [-0.2, 0) is 9.53 Å². The second kappa shape index (κ2) is 6.53. The molecule has 0 spiro atoms. The Morgan fingerprint density at radius 1 is 1.28 bits per heavy atom. The molecule has 1 N–H and O–H groups in total. The summed E-state index contributed by atoms with van der Waals surface area (Å²) in [6.45, 7) is 6.57. The number of amides is 1. The minimum atomic E-state index is 0.213. The van der Waals surface area contributed by atoms with E-state index >= 15 is 0 Å². The summed E-state index contributed by atoms with van der Waals surface area (Å²) in [6.07, 6.45) is 6.00. The van der Waals surface area contributed by atoms with Crippen molar-refractivity contribution in [3.05, 3.63) is 0 Å². The van der Waals surface area contributed by atoms with Gasteiger partial charge in [-0.3, -0.25) is 4.79 Å². The van der Waals surface area contributed by atoms with Crippen LogP contribution in [0.3, 0.4) is 0 Å². The highest BCUT2D eigenvalue weighted by atomic mass is 16.5. The first-order valence-electron chi connectivity index (χ1n) is 7.32. The molecule has 104 valence electrons. The van der Waals surface area contributed by atoms with Crippen LogP contribution in [0.4, 0.5) is 0 Å². The number of carbonyl (C=O) groups excluding carboxylic acids is 1. The molecule has 2 saturated heterocycles. The second-order valence-corrected chi connectivity index (χ2v) is 5.57. The van der Waals surface area contributed by atoms with Gasteiger partial charge in [0, 0.05) is 38.7 Å². The lowest BCUT2D eigenvalue weighted by atomic mass is 9.98. The van der Waals surface area contributed by atoms with Gasteiger partial charge >= 0.3 is 0 Å². The maximum Gasteiger partial charge on any atom is 0.219 e. The number of hydrogen-bond acceptors (Lipinski definition) is 3. The zero-order valence-corrected chi connectivity index (χ0v) is 11.7. The summed E-state index contributed by atoms with van der Waals surface area (Å²) >= 11 is 0. The summed E-state index contributed by atoms with van der Waals surface area (Å²) < 4.78 is 5.70. The molecule has 4 heteroatoms. The number of hydrogen-bond donors (Lipinski definition) is 1. The van der Waals surface area contributed by atoms with Crippen molar-refractivity contribution < 1.29 is 9.53 Å². The van der Waals surface area contributed by atoms with Gasteiger partial charge < -0.3 is 15.0 Å². The molecule has 0 bridgehead atoms. The summed E-state index contributed by atoms with van der Waals surface area (Å²) in [5, 5.41) is 3.76. The first-order chi connectivity index (χ1) is 8.69. The highest BCUT2D eigenvalue weighted by Gasteiger charge is 2.26. The lowest BCUT2D eigenvalue weighted by Gasteiger charge is -2.36. The number of piperidine rings is 1. The van der Waals surface area contributed by atoms with Crippen LogP contribution in [0.5, 0.6) is 0 Å². The normalized spacial score (nSPS) is 30.4. The Hall–Kier alpha value is -0.610. The Kier molecular flexibility index (Phi) is 5.01. The molecule has 0 aromatic carbocycles. The van der Waals surface area contributed by atoms with Gasteiger partial charge in [0.1, 0.15) is 0 Å². The summed E-state index contributed by atoms with van der Waals surface area (Å²) in [7, 11) is 0. The van der Waals surface area contributed by atoms with E-state index < -0.39 is 0 Å². The maximum atomic E-state index is 11.3. The average molecular weight is 254 g/mol. The Bertz CT molecular complexity index is 275. The molecule has 1 amide bonds. The number of likely N-dealkylation sites (tertiary alicyclic amines) is 1. The average Bonchev–Trinajstić information content (AvgIpc) is 2.39. The van der Waals surface area contributed by atoms with Gasteiger partial charge in [-0.1, -0.05) is 6.92 Å². The van der Waals surface area contributed by atoms with Crippen LogP contribution in [0.1, 0.15) is 46.0 Å². The Morgan fingerprint density at radius 2 is 2.00 bits per heavy atom. The van der Waals surface area contributed by atoms with E-state index in [1.54, 1.807) is 6.92 Å². The van der Waals surface area contributed by atoms with Crippen molar-refractivity contribution in [3.8, 4) is 0 Å². The standard InChI is InChI=1S/C14H26N2O2/c1-3-14-10-13(6-9-18-14)15-12-4-7-16(8-5-12)11(2)17/h12-15H,3-10H2,1-2H3. The van der Waals surface area contributed by atoms with E-state index in [1.165, 1.54) is 0 Å². The zero-order valence-electron chi connectivity index (χ0n) is 11.7. The van der Waals surface area contributed by atoms with Crippen molar-refractivity contribution in [1.82, 2.24) is 10.2 Å². The number of carbonyl (C=O) groups is 1. The molecule has 0 aliphatic carbocycles. The molecule has 0 saturated carbocycles. The fraction of sp³-hybridized carbons (Fsp3) is 0.929. The highest BCUT2D eigenvalue weighted by Crippen LogP contribution is 2.19. The number of rotatable bonds is 3. The van der Waals surface area contributed by atoms with Crippen LogP contribution in [-0.4, -0.2) is 48.7 Å². The third kappa shape index (κ3) is 3.69. The van der Waals surface area contributed by atoms with Gasteiger partial charge in [-0.15, -0.1) is 0 Å². The SMILES string of the molecule is CCC1CC(NC2CCN(C(C)=O)CC2)CCO1. The fourth-order valence-corrected chi connectivity index (χ4v) is 3.01. The molecular weight excluding hydrogens is 228 g/mol. The van der Waals surface area contributed by atoms with E-state index in [0.717, 1.165) is 51.8 Å². The van der Waals surface area contributed by atoms with E-state index in [1.807, 2.05) is 4.90 Å². The molecule has 0 aromatic rings. The van der Waals surface area contributed by atoms with E-state index in [2.05, 4.69) is 12.2 Å². The zero-order chi connectivity index (χ0) is 13.0. The van der Waals surface area contributed by atoms with Gasteiger partial charge in [-0.2, -0.15) is 0 Å². The van der Waals surface area contributed by atoms with Crippen molar-refractivity contribution >= 4 is 5.91 Å². The lowest BCUT2D eigenvalue weighted by molar-refractivity contribution is -0.129. The Balaban J connectivity index is 1.72. The van der Waals surface area contributed by atoms with Crippen LogP contribution in [0, 0.1) is 0 Å². The van der Waals surface area contributed by atoms with E-state index in [-0.39, 0.29) is 5.91 Å². The molecule has 2 rings (SSSR count). The van der Waals surface area contributed by atoms with Crippen LogP contribution in [0.25, 0.3) is 0 Å². The number of ether oxygens (including phenoxy) is 1. The van der Waals surface area contributed by atoms with E-state index in [4.69, 9.17) is 4.74 Å². The molecule has 2 heterocycles. The quantitative estimate of drug-likeness (QED) is 0.831. The van der Waals surface area contributed by atoms with Crippen molar-refractivity contribution in [1.29, 1.82) is 0 Å². The molecule has 2 aliphatic rings. The minimum absolute atomic E-state index is 0.213. The number of nitrogens with one attached hydrogen (secondary N) is 1.